The SMILES string of the molecule is CCCCCCCC(NC)C1C2CCCC21. The number of hydrogen-bond donors (Lipinski definition) is 1. The van der Waals surface area contributed by atoms with Crippen LogP contribution < -0.4 is 5.32 Å². The van der Waals surface area contributed by atoms with Crippen LogP contribution >= 0.6 is 0 Å². The van der Waals surface area contributed by atoms with Crippen LogP contribution in [0, 0.1) is 17.8 Å². The zero-order valence-electron chi connectivity index (χ0n) is 11.2. The van der Waals surface area contributed by atoms with Crippen molar-refractivity contribution in [2.24, 2.45) is 17.8 Å². The maximum atomic E-state index is 3.58. The van der Waals surface area contributed by atoms with Crippen LogP contribution in [0.1, 0.15) is 64.7 Å². The Balaban J connectivity index is 1.59. The number of nitrogens with one attached hydrogen (secondary N) is 1. The Kier molecular flexibility index (Phi) is 4.69. The first-order chi connectivity index (χ1) is 7.88. The molecule has 0 spiro atoms. The lowest BCUT2D eigenvalue weighted by atomic mass is 9.98. The molecule has 0 aromatic rings. The molecule has 0 aromatic heterocycles. The molecule has 0 radical (unpaired) electrons. The molecule has 2 aliphatic rings. The van der Waals surface area contributed by atoms with Crippen LogP contribution in [0.2, 0.25) is 0 Å². The van der Waals surface area contributed by atoms with Gasteiger partial charge in [0.25, 0.3) is 0 Å². The number of fused-ring (bicyclic) bond motifs is 1. The highest BCUT2D eigenvalue weighted by molar-refractivity contribution is 5.05. The summed E-state index contributed by atoms with van der Waals surface area (Å²) in [6, 6.07) is 0.844. The maximum Gasteiger partial charge on any atom is 0.00978 e. The second-order valence-electron chi connectivity index (χ2n) is 5.93. The average Bonchev–Trinajstić information content (AvgIpc) is 2.77. The molecule has 0 heterocycles. The fourth-order valence-electron chi connectivity index (χ4n) is 3.97. The van der Waals surface area contributed by atoms with Crippen molar-refractivity contribution in [2.75, 3.05) is 7.05 Å². The van der Waals surface area contributed by atoms with Crippen molar-refractivity contribution in [3.63, 3.8) is 0 Å². The van der Waals surface area contributed by atoms with Gasteiger partial charge in [-0.1, -0.05) is 45.4 Å². The summed E-state index contributed by atoms with van der Waals surface area (Å²) < 4.78 is 0. The van der Waals surface area contributed by atoms with E-state index < -0.39 is 0 Å². The summed E-state index contributed by atoms with van der Waals surface area (Å²) in [5, 5.41) is 3.58. The van der Waals surface area contributed by atoms with E-state index in [1.807, 2.05) is 0 Å². The summed E-state index contributed by atoms with van der Waals surface area (Å²) in [6.07, 6.45) is 13.1. The summed E-state index contributed by atoms with van der Waals surface area (Å²) in [6.45, 7) is 2.29. The molecular weight excluding hydrogens is 194 g/mol. The van der Waals surface area contributed by atoms with E-state index in [-0.39, 0.29) is 0 Å². The summed E-state index contributed by atoms with van der Waals surface area (Å²) in [7, 11) is 2.17. The minimum absolute atomic E-state index is 0.844. The van der Waals surface area contributed by atoms with Crippen molar-refractivity contribution in [3.05, 3.63) is 0 Å². The molecule has 16 heavy (non-hydrogen) atoms. The lowest BCUT2D eigenvalue weighted by molar-refractivity contribution is 0.393. The van der Waals surface area contributed by atoms with E-state index in [4.69, 9.17) is 0 Å². The molecule has 1 nitrogen and oxygen atoms in total. The van der Waals surface area contributed by atoms with Crippen LogP contribution in [0.15, 0.2) is 0 Å². The molecule has 1 heteroatoms. The van der Waals surface area contributed by atoms with Crippen molar-refractivity contribution in [3.8, 4) is 0 Å². The molecule has 2 saturated carbocycles. The first kappa shape index (κ1) is 12.4. The lowest BCUT2D eigenvalue weighted by Gasteiger charge is -2.18. The highest BCUT2D eigenvalue weighted by Crippen LogP contribution is 2.59. The average molecular weight is 223 g/mol. The van der Waals surface area contributed by atoms with E-state index in [9.17, 15) is 0 Å². The molecule has 0 aliphatic heterocycles. The van der Waals surface area contributed by atoms with Gasteiger partial charge in [-0.15, -0.1) is 0 Å². The second-order valence-corrected chi connectivity index (χ2v) is 5.93. The van der Waals surface area contributed by atoms with Crippen LogP contribution in [0.3, 0.4) is 0 Å². The fourth-order valence-corrected chi connectivity index (χ4v) is 3.97. The largest absolute Gasteiger partial charge is 0.317 e. The fraction of sp³-hybridized carbons (Fsp3) is 1.00. The van der Waals surface area contributed by atoms with Gasteiger partial charge in [0, 0.05) is 6.04 Å². The molecule has 3 unspecified atom stereocenters. The van der Waals surface area contributed by atoms with Gasteiger partial charge in [-0.25, -0.2) is 0 Å². The van der Waals surface area contributed by atoms with Gasteiger partial charge in [-0.3, -0.25) is 0 Å². The highest BCUT2D eigenvalue weighted by atomic mass is 14.9. The Labute approximate surface area is 101 Å². The maximum absolute atomic E-state index is 3.58. The van der Waals surface area contributed by atoms with Crippen molar-refractivity contribution in [2.45, 2.75) is 70.8 Å². The first-order valence-corrected chi connectivity index (χ1v) is 7.55. The van der Waals surface area contributed by atoms with Gasteiger partial charge in [0.15, 0.2) is 0 Å². The van der Waals surface area contributed by atoms with Crippen LogP contribution in [0.5, 0.6) is 0 Å². The van der Waals surface area contributed by atoms with Crippen molar-refractivity contribution < 1.29 is 0 Å². The zero-order chi connectivity index (χ0) is 11.4. The van der Waals surface area contributed by atoms with Gasteiger partial charge in [0.2, 0.25) is 0 Å². The molecule has 0 bridgehead atoms. The highest BCUT2D eigenvalue weighted by Gasteiger charge is 2.54. The van der Waals surface area contributed by atoms with Crippen LogP contribution in [-0.2, 0) is 0 Å². The molecule has 1 N–H and O–H groups in total. The topological polar surface area (TPSA) is 12.0 Å². The van der Waals surface area contributed by atoms with Crippen LogP contribution in [0.25, 0.3) is 0 Å². The zero-order valence-corrected chi connectivity index (χ0v) is 11.2. The summed E-state index contributed by atoms with van der Waals surface area (Å²) in [4.78, 5) is 0. The normalized spacial score (nSPS) is 33.8. The number of hydrogen-bond acceptors (Lipinski definition) is 1. The van der Waals surface area contributed by atoms with Crippen LogP contribution in [0.4, 0.5) is 0 Å². The van der Waals surface area contributed by atoms with E-state index in [0.29, 0.717) is 0 Å². The minimum Gasteiger partial charge on any atom is -0.317 e. The third kappa shape index (κ3) is 2.80. The molecule has 0 amide bonds. The van der Waals surface area contributed by atoms with Gasteiger partial charge in [0.1, 0.15) is 0 Å². The Morgan fingerprint density at radius 1 is 1.06 bits per heavy atom. The first-order valence-electron chi connectivity index (χ1n) is 7.55. The standard InChI is InChI=1S/C15H29N/c1-3-4-5-6-7-11-14(16-2)15-12-9-8-10-13(12)15/h12-16H,3-11H2,1-2H3. The van der Waals surface area contributed by atoms with Gasteiger partial charge in [0.05, 0.1) is 0 Å². The van der Waals surface area contributed by atoms with E-state index in [1.54, 1.807) is 0 Å². The molecule has 0 aromatic carbocycles. The van der Waals surface area contributed by atoms with E-state index in [2.05, 4.69) is 19.3 Å². The molecule has 2 fully saturated rings. The Hall–Kier alpha value is -0.0400. The smallest absolute Gasteiger partial charge is 0.00978 e. The second kappa shape index (κ2) is 6.05. The quantitative estimate of drug-likeness (QED) is 0.614. The molecule has 94 valence electrons. The summed E-state index contributed by atoms with van der Waals surface area (Å²) in [5.74, 6) is 3.30. The summed E-state index contributed by atoms with van der Waals surface area (Å²) >= 11 is 0. The van der Waals surface area contributed by atoms with E-state index in [1.165, 1.54) is 57.8 Å². The van der Waals surface area contributed by atoms with Gasteiger partial charge in [-0.05, 0) is 44.1 Å². The molecule has 2 aliphatic carbocycles. The van der Waals surface area contributed by atoms with Gasteiger partial charge in [-0.2, -0.15) is 0 Å². The number of rotatable bonds is 8. The van der Waals surface area contributed by atoms with E-state index in [0.717, 1.165) is 23.8 Å². The summed E-state index contributed by atoms with van der Waals surface area (Å²) in [5.41, 5.74) is 0. The third-order valence-electron chi connectivity index (χ3n) is 4.93. The number of unbranched alkanes of at least 4 members (excludes halogenated alkanes) is 4. The van der Waals surface area contributed by atoms with Gasteiger partial charge < -0.3 is 5.32 Å². The third-order valence-corrected chi connectivity index (χ3v) is 4.93. The minimum atomic E-state index is 0.844. The Morgan fingerprint density at radius 2 is 1.75 bits per heavy atom. The van der Waals surface area contributed by atoms with Crippen molar-refractivity contribution >= 4 is 0 Å². The van der Waals surface area contributed by atoms with Crippen LogP contribution in [-0.4, -0.2) is 13.1 Å². The molecule has 2 rings (SSSR count). The predicted molar refractivity (Wildman–Crippen MR) is 70.5 cm³/mol. The lowest BCUT2D eigenvalue weighted by Crippen LogP contribution is -2.29. The molecular formula is C15H29N. The predicted octanol–water partition coefficient (Wildman–Crippen LogP) is 3.98. The monoisotopic (exact) mass is 223 g/mol. The Morgan fingerprint density at radius 3 is 2.38 bits per heavy atom. The Bertz CT molecular complexity index is 192. The van der Waals surface area contributed by atoms with E-state index >= 15 is 0 Å². The molecule has 0 saturated heterocycles. The molecule has 3 atom stereocenters. The van der Waals surface area contributed by atoms with Gasteiger partial charge >= 0.3 is 0 Å². The van der Waals surface area contributed by atoms with Crippen molar-refractivity contribution in [1.29, 1.82) is 0 Å². The van der Waals surface area contributed by atoms with Crippen molar-refractivity contribution in [1.82, 2.24) is 5.32 Å².